The summed E-state index contributed by atoms with van der Waals surface area (Å²) in [5, 5.41) is 6.71. The first-order valence-electron chi connectivity index (χ1n) is 9.90. The summed E-state index contributed by atoms with van der Waals surface area (Å²) in [7, 11) is 3.47. The number of nitrogens with one attached hydrogen (secondary N) is 2. The van der Waals surface area contributed by atoms with Crippen molar-refractivity contribution in [2.24, 2.45) is 4.99 Å². The van der Waals surface area contributed by atoms with Crippen LogP contribution in [0.25, 0.3) is 11.0 Å². The molecule has 0 atom stereocenters. The van der Waals surface area contributed by atoms with E-state index in [4.69, 9.17) is 4.74 Å². The molecule has 0 aliphatic heterocycles. The van der Waals surface area contributed by atoms with Gasteiger partial charge in [-0.2, -0.15) is 0 Å². The maximum atomic E-state index is 5.48. The molecule has 0 unspecified atom stereocenters. The highest BCUT2D eigenvalue weighted by Gasteiger charge is 2.10. The third kappa shape index (κ3) is 5.41. The molecule has 2 heterocycles. The molecule has 7 nitrogen and oxygen atoms in total. The van der Waals surface area contributed by atoms with Crippen molar-refractivity contribution in [2.45, 2.75) is 40.3 Å². The maximum Gasteiger partial charge on any atom is 0.191 e. The van der Waals surface area contributed by atoms with Gasteiger partial charge in [-0.25, -0.2) is 4.98 Å². The van der Waals surface area contributed by atoms with E-state index in [1.165, 1.54) is 5.52 Å². The number of imidazole rings is 1. The monoisotopic (exact) mass is 522 g/mol. The maximum absolute atomic E-state index is 5.48. The van der Waals surface area contributed by atoms with Crippen molar-refractivity contribution in [3.05, 3.63) is 53.1 Å². The number of aromatic nitrogens is 3. The topological polar surface area (TPSA) is 76.4 Å². The summed E-state index contributed by atoms with van der Waals surface area (Å²) in [6.07, 6.45) is 2.81. The Hall–Kier alpha value is -2.36. The lowest BCUT2D eigenvalue weighted by Gasteiger charge is -2.15. The SMILES string of the molecule is CN=C(NCCCn1c(C)nc2ccccc21)NCc1ncc(C)c(OC)c1C.I. The number of nitrogens with zero attached hydrogens (tertiary/aromatic N) is 4. The minimum absolute atomic E-state index is 0. The van der Waals surface area contributed by atoms with Gasteiger partial charge in [-0.05, 0) is 39.3 Å². The molecule has 2 aromatic heterocycles. The molecule has 0 radical (unpaired) electrons. The molecule has 0 aliphatic rings. The number of pyridine rings is 1. The van der Waals surface area contributed by atoms with Gasteiger partial charge in [0.05, 0.1) is 30.4 Å². The molecule has 0 fully saturated rings. The first-order valence-corrected chi connectivity index (χ1v) is 9.90. The van der Waals surface area contributed by atoms with Crippen LogP contribution < -0.4 is 15.4 Å². The van der Waals surface area contributed by atoms with Crippen LogP contribution in [-0.2, 0) is 13.1 Å². The van der Waals surface area contributed by atoms with Crippen LogP contribution in [0, 0.1) is 20.8 Å². The third-order valence-corrected chi connectivity index (χ3v) is 5.09. The number of methoxy groups -OCH3 is 1. The normalized spacial score (nSPS) is 11.3. The summed E-state index contributed by atoms with van der Waals surface area (Å²) in [5.74, 6) is 2.70. The van der Waals surface area contributed by atoms with Gasteiger partial charge >= 0.3 is 0 Å². The first-order chi connectivity index (χ1) is 14.0. The summed E-state index contributed by atoms with van der Waals surface area (Å²) < 4.78 is 7.75. The van der Waals surface area contributed by atoms with Gasteiger partial charge in [-0.1, -0.05) is 12.1 Å². The van der Waals surface area contributed by atoms with Gasteiger partial charge in [0.2, 0.25) is 0 Å². The van der Waals surface area contributed by atoms with Crippen LogP contribution in [0.4, 0.5) is 0 Å². The lowest BCUT2D eigenvalue weighted by Crippen LogP contribution is -2.37. The average Bonchev–Trinajstić information content (AvgIpc) is 3.04. The lowest BCUT2D eigenvalue weighted by atomic mass is 10.1. The van der Waals surface area contributed by atoms with Crippen LogP contribution in [0.15, 0.2) is 35.5 Å². The predicted octanol–water partition coefficient (Wildman–Crippen LogP) is 3.74. The molecule has 0 bridgehead atoms. The Kier molecular flexibility index (Phi) is 8.88. The third-order valence-electron chi connectivity index (χ3n) is 5.09. The fraction of sp³-hybridized carbons (Fsp3) is 0.409. The van der Waals surface area contributed by atoms with E-state index in [0.717, 1.165) is 59.4 Å². The largest absolute Gasteiger partial charge is 0.496 e. The van der Waals surface area contributed by atoms with Crippen molar-refractivity contribution in [1.82, 2.24) is 25.2 Å². The Morgan fingerprint density at radius 2 is 1.93 bits per heavy atom. The highest BCUT2D eigenvalue weighted by atomic mass is 127. The fourth-order valence-electron chi connectivity index (χ4n) is 3.56. The minimum atomic E-state index is 0. The van der Waals surface area contributed by atoms with E-state index in [1.54, 1.807) is 14.2 Å². The number of halogens is 1. The molecule has 1 aromatic carbocycles. The highest BCUT2D eigenvalue weighted by molar-refractivity contribution is 14.0. The molecule has 3 rings (SSSR count). The zero-order valence-electron chi connectivity index (χ0n) is 18.3. The predicted molar refractivity (Wildman–Crippen MR) is 133 cm³/mol. The van der Waals surface area contributed by atoms with Crippen LogP contribution in [0.3, 0.4) is 0 Å². The minimum Gasteiger partial charge on any atom is -0.496 e. The highest BCUT2D eigenvalue weighted by Crippen LogP contribution is 2.23. The Balaban J connectivity index is 0.00000320. The quantitative estimate of drug-likeness (QED) is 0.214. The Morgan fingerprint density at radius 3 is 2.67 bits per heavy atom. The van der Waals surface area contributed by atoms with E-state index in [2.05, 4.69) is 55.3 Å². The summed E-state index contributed by atoms with van der Waals surface area (Å²) in [5.41, 5.74) is 5.28. The summed E-state index contributed by atoms with van der Waals surface area (Å²) >= 11 is 0. The molecule has 162 valence electrons. The number of guanidine groups is 1. The Bertz CT molecular complexity index is 1010. The lowest BCUT2D eigenvalue weighted by molar-refractivity contribution is 0.406. The van der Waals surface area contributed by atoms with Gasteiger partial charge in [0.25, 0.3) is 0 Å². The summed E-state index contributed by atoms with van der Waals surface area (Å²) in [6, 6.07) is 8.25. The number of hydrogen-bond acceptors (Lipinski definition) is 4. The van der Waals surface area contributed by atoms with E-state index in [-0.39, 0.29) is 24.0 Å². The number of fused-ring (bicyclic) bond motifs is 1. The molecule has 0 amide bonds. The molecule has 30 heavy (non-hydrogen) atoms. The van der Waals surface area contributed by atoms with E-state index in [1.807, 2.05) is 26.1 Å². The van der Waals surface area contributed by atoms with E-state index < -0.39 is 0 Å². The second-order valence-electron chi connectivity index (χ2n) is 7.05. The van der Waals surface area contributed by atoms with Crippen molar-refractivity contribution in [2.75, 3.05) is 20.7 Å². The second-order valence-corrected chi connectivity index (χ2v) is 7.05. The molecule has 0 saturated carbocycles. The van der Waals surface area contributed by atoms with Crippen LogP contribution in [-0.4, -0.2) is 41.2 Å². The number of para-hydroxylation sites is 2. The molecule has 2 N–H and O–H groups in total. The van der Waals surface area contributed by atoms with Crippen molar-refractivity contribution in [1.29, 1.82) is 0 Å². The number of aliphatic imine (C=N–C) groups is 1. The fourth-order valence-corrected chi connectivity index (χ4v) is 3.56. The van der Waals surface area contributed by atoms with Gasteiger partial charge < -0.3 is 19.9 Å². The molecular formula is C22H31IN6O. The van der Waals surface area contributed by atoms with Crippen LogP contribution in [0.1, 0.15) is 29.1 Å². The van der Waals surface area contributed by atoms with Crippen molar-refractivity contribution < 1.29 is 4.74 Å². The number of ether oxygens (including phenoxy) is 1. The number of hydrogen-bond donors (Lipinski definition) is 2. The van der Waals surface area contributed by atoms with Gasteiger partial charge in [-0.3, -0.25) is 9.98 Å². The molecule has 0 spiro atoms. The number of benzene rings is 1. The smallest absolute Gasteiger partial charge is 0.191 e. The van der Waals surface area contributed by atoms with E-state index in [9.17, 15) is 0 Å². The van der Waals surface area contributed by atoms with Crippen molar-refractivity contribution in [3.8, 4) is 5.75 Å². The number of rotatable bonds is 7. The Morgan fingerprint density at radius 1 is 1.17 bits per heavy atom. The van der Waals surface area contributed by atoms with Gasteiger partial charge in [-0.15, -0.1) is 24.0 Å². The van der Waals surface area contributed by atoms with Crippen LogP contribution >= 0.6 is 24.0 Å². The zero-order chi connectivity index (χ0) is 20.8. The average molecular weight is 522 g/mol. The van der Waals surface area contributed by atoms with E-state index >= 15 is 0 Å². The summed E-state index contributed by atoms with van der Waals surface area (Å²) in [6.45, 7) is 8.40. The van der Waals surface area contributed by atoms with Crippen LogP contribution in [0.5, 0.6) is 5.75 Å². The molecule has 0 saturated heterocycles. The molecule has 0 aliphatic carbocycles. The van der Waals surface area contributed by atoms with Crippen LogP contribution in [0.2, 0.25) is 0 Å². The second kappa shape index (κ2) is 11.1. The van der Waals surface area contributed by atoms with Gasteiger partial charge in [0.1, 0.15) is 11.6 Å². The first kappa shape index (κ1) is 23.9. The van der Waals surface area contributed by atoms with E-state index in [0.29, 0.717) is 6.54 Å². The Labute approximate surface area is 195 Å². The van der Waals surface area contributed by atoms with Crippen molar-refractivity contribution >= 4 is 41.0 Å². The van der Waals surface area contributed by atoms with Gasteiger partial charge in [0, 0.05) is 37.5 Å². The zero-order valence-corrected chi connectivity index (χ0v) is 20.7. The molecule has 8 heteroatoms. The molecule has 3 aromatic rings. The number of aryl methyl sites for hydroxylation is 3. The van der Waals surface area contributed by atoms with Gasteiger partial charge in [0.15, 0.2) is 5.96 Å². The molecular weight excluding hydrogens is 491 g/mol. The summed E-state index contributed by atoms with van der Waals surface area (Å²) in [4.78, 5) is 13.5. The van der Waals surface area contributed by atoms with Crippen molar-refractivity contribution in [3.63, 3.8) is 0 Å². The standard InChI is InChI=1S/C22H30N6O.HI/c1-15-13-25-19(16(2)21(15)29-5)14-26-22(23-4)24-11-8-12-28-17(3)27-18-9-6-7-10-20(18)28;/h6-7,9-10,13H,8,11-12,14H2,1-5H3,(H2,23,24,26);1H.